The SMILES string of the molecule is Cl.NC[C@H]1CC[C@@H](C(=O)Nc2ccc(CC(=O)N3CCOCC3)cc2)O1. The lowest BCUT2D eigenvalue weighted by molar-refractivity contribution is -0.134. The van der Waals surface area contributed by atoms with Crippen molar-refractivity contribution in [3.8, 4) is 0 Å². The summed E-state index contributed by atoms with van der Waals surface area (Å²) in [6.45, 7) is 2.95. The zero-order valence-electron chi connectivity index (χ0n) is 14.7. The maximum Gasteiger partial charge on any atom is 0.253 e. The molecule has 7 nitrogen and oxygen atoms in total. The van der Waals surface area contributed by atoms with Crippen LogP contribution in [0.5, 0.6) is 0 Å². The van der Waals surface area contributed by atoms with Crippen LogP contribution in [0.15, 0.2) is 24.3 Å². The number of morpholine rings is 1. The van der Waals surface area contributed by atoms with Gasteiger partial charge in [0.15, 0.2) is 0 Å². The van der Waals surface area contributed by atoms with Crippen molar-refractivity contribution in [1.82, 2.24) is 4.90 Å². The maximum absolute atomic E-state index is 12.2. The van der Waals surface area contributed by atoms with E-state index in [-0.39, 0.29) is 30.3 Å². The highest BCUT2D eigenvalue weighted by Gasteiger charge is 2.29. The highest BCUT2D eigenvalue weighted by Crippen LogP contribution is 2.20. The Bertz CT molecular complexity index is 605. The zero-order chi connectivity index (χ0) is 17.6. The second-order valence-corrected chi connectivity index (χ2v) is 6.42. The third-order valence-electron chi connectivity index (χ3n) is 4.60. The normalized spacial score (nSPS) is 22.6. The van der Waals surface area contributed by atoms with Crippen molar-refractivity contribution < 1.29 is 19.1 Å². The second kappa shape index (κ2) is 9.87. The molecule has 8 heteroatoms. The molecule has 0 aliphatic carbocycles. The number of hydrogen-bond acceptors (Lipinski definition) is 5. The molecule has 1 aromatic rings. The molecule has 2 fully saturated rings. The molecule has 0 bridgehead atoms. The molecule has 0 spiro atoms. The van der Waals surface area contributed by atoms with Gasteiger partial charge in [0.2, 0.25) is 5.91 Å². The molecule has 2 aliphatic rings. The molecule has 2 saturated heterocycles. The van der Waals surface area contributed by atoms with Crippen LogP contribution in [0, 0.1) is 0 Å². The molecular formula is C18H26ClN3O4. The number of anilines is 1. The summed E-state index contributed by atoms with van der Waals surface area (Å²) in [6.07, 6.45) is 1.41. The van der Waals surface area contributed by atoms with Crippen LogP contribution in [0.3, 0.4) is 0 Å². The highest BCUT2D eigenvalue weighted by atomic mass is 35.5. The van der Waals surface area contributed by atoms with E-state index < -0.39 is 6.10 Å². The molecule has 0 radical (unpaired) electrons. The first-order chi connectivity index (χ1) is 12.2. The number of halogens is 1. The number of ether oxygens (including phenoxy) is 2. The van der Waals surface area contributed by atoms with Crippen molar-refractivity contribution in [1.29, 1.82) is 0 Å². The smallest absolute Gasteiger partial charge is 0.253 e. The summed E-state index contributed by atoms with van der Waals surface area (Å²) in [7, 11) is 0. The van der Waals surface area contributed by atoms with Gasteiger partial charge in [-0.05, 0) is 30.5 Å². The number of nitrogens with one attached hydrogen (secondary N) is 1. The fourth-order valence-corrected chi connectivity index (χ4v) is 3.10. The van der Waals surface area contributed by atoms with Crippen LogP contribution in [0.25, 0.3) is 0 Å². The Balaban J connectivity index is 0.00000243. The third kappa shape index (κ3) is 5.41. The number of nitrogens with zero attached hydrogens (tertiary/aromatic N) is 1. The first-order valence-corrected chi connectivity index (χ1v) is 8.76. The van der Waals surface area contributed by atoms with Gasteiger partial charge in [-0.1, -0.05) is 12.1 Å². The Labute approximate surface area is 159 Å². The maximum atomic E-state index is 12.2. The molecule has 2 heterocycles. The van der Waals surface area contributed by atoms with Crippen molar-refractivity contribution >= 4 is 29.9 Å². The molecule has 2 amide bonds. The Morgan fingerprint density at radius 3 is 2.46 bits per heavy atom. The summed E-state index contributed by atoms with van der Waals surface area (Å²) in [4.78, 5) is 26.3. The van der Waals surface area contributed by atoms with E-state index in [0.717, 1.165) is 12.0 Å². The van der Waals surface area contributed by atoms with Gasteiger partial charge in [-0.2, -0.15) is 0 Å². The summed E-state index contributed by atoms with van der Waals surface area (Å²) in [5.74, 6) is -0.0413. The average Bonchev–Trinajstić information content (AvgIpc) is 3.13. The van der Waals surface area contributed by atoms with Crippen molar-refractivity contribution in [2.24, 2.45) is 5.73 Å². The monoisotopic (exact) mass is 383 g/mol. The summed E-state index contributed by atoms with van der Waals surface area (Å²) < 4.78 is 10.8. The predicted molar refractivity (Wildman–Crippen MR) is 100 cm³/mol. The Morgan fingerprint density at radius 2 is 1.85 bits per heavy atom. The van der Waals surface area contributed by atoms with Crippen LogP contribution in [0.4, 0.5) is 5.69 Å². The van der Waals surface area contributed by atoms with Gasteiger partial charge in [-0.3, -0.25) is 9.59 Å². The molecule has 2 aliphatic heterocycles. The molecule has 0 unspecified atom stereocenters. The molecule has 1 aromatic carbocycles. The van der Waals surface area contributed by atoms with Crippen LogP contribution in [0.2, 0.25) is 0 Å². The minimum absolute atomic E-state index is 0. The summed E-state index contributed by atoms with van der Waals surface area (Å²) in [6, 6.07) is 7.36. The molecule has 3 rings (SSSR count). The van der Waals surface area contributed by atoms with E-state index in [1.165, 1.54) is 0 Å². The van der Waals surface area contributed by atoms with Gasteiger partial charge in [-0.25, -0.2) is 0 Å². The van der Waals surface area contributed by atoms with Gasteiger partial charge in [0.25, 0.3) is 5.91 Å². The van der Waals surface area contributed by atoms with Crippen LogP contribution in [-0.2, 0) is 25.5 Å². The first kappa shape index (κ1) is 20.6. The van der Waals surface area contributed by atoms with E-state index in [9.17, 15) is 9.59 Å². The topological polar surface area (TPSA) is 93.9 Å². The van der Waals surface area contributed by atoms with Gasteiger partial charge in [0.05, 0.1) is 25.7 Å². The minimum Gasteiger partial charge on any atom is -0.378 e. The fourth-order valence-electron chi connectivity index (χ4n) is 3.10. The van der Waals surface area contributed by atoms with E-state index in [1.54, 1.807) is 0 Å². The molecular weight excluding hydrogens is 358 g/mol. The Hall–Kier alpha value is -1.67. The van der Waals surface area contributed by atoms with E-state index >= 15 is 0 Å². The van der Waals surface area contributed by atoms with Crippen molar-refractivity contribution in [3.05, 3.63) is 29.8 Å². The highest BCUT2D eigenvalue weighted by molar-refractivity contribution is 5.94. The van der Waals surface area contributed by atoms with Crippen LogP contribution in [0.1, 0.15) is 18.4 Å². The molecule has 0 aromatic heterocycles. The predicted octanol–water partition coefficient (Wildman–Crippen LogP) is 0.954. The zero-order valence-corrected chi connectivity index (χ0v) is 15.5. The molecule has 3 N–H and O–H groups in total. The minimum atomic E-state index is -0.434. The lowest BCUT2D eigenvalue weighted by Crippen LogP contribution is -2.41. The largest absolute Gasteiger partial charge is 0.378 e. The first-order valence-electron chi connectivity index (χ1n) is 8.76. The summed E-state index contributed by atoms with van der Waals surface area (Å²) in [5.41, 5.74) is 7.19. The second-order valence-electron chi connectivity index (χ2n) is 6.42. The average molecular weight is 384 g/mol. The Morgan fingerprint density at radius 1 is 1.15 bits per heavy atom. The lowest BCUT2D eigenvalue weighted by Gasteiger charge is -2.26. The van der Waals surface area contributed by atoms with Crippen molar-refractivity contribution in [2.75, 3.05) is 38.2 Å². The summed E-state index contributed by atoms with van der Waals surface area (Å²) >= 11 is 0. The van der Waals surface area contributed by atoms with Crippen LogP contribution in [-0.4, -0.2) is 61.8 Å². The van der Waals surface area contributed by atoms with Crippen molar-refractivity contribution in [2.45, 2.75) is 31.5 Å². The van der Waals surface area contributed by atoms with E-state index in [4.69, 9.17) is 15.2 Å². The van der Waals surface area contributed by atoms with Crippen molar-refractivity contribution in [3.63, 3.8) is 0 Å². The van der Waals surface area contributed by atoms with Gasteiger partial charge >= 0.3 is 0 Å². The molecule has 144 valence electrons. The Kier molecular flexibility index (Phi) is 7.84. The quantitative estimate of drug-likeness (QED) is 0.789. The van der Waals surface area contributed by atoms with Gasteiger partial charge in [0.1, 0.15) is 6.10 Å². The number of benzene rings is 1. The molecule has 2 atom stereocenters. The van der Waals surface area contributed by atoms with Crippen LogP contribution >= 0.6 is 12.4 Å². The lowest BCUT2D eigenvalue weighted by atomic mass is 10.1. The van der Waals surface area contributed by atoms with E-state index in [0.29, 0.717) is 51.4 Å². The van der Waals surface area contributed by atoms with E-state index in [1.807, 2.05) is 29.2 Å². The fraction of sp³-hybridized carbons (Fsp3) is 0.556. The number of amides is 2. The number of hydrogen-bond donors (Lipinski definition) is 2. The van der Waals surface area contributed by atoms with Crippen LogP contribution < -0.4 is 11.1 Å². The number of rotatable bonds is 5. The molecule has 0 saturated carbocycles. The summed E-state index contributed by atoms with van der Waals surface area (Å²) in [5, 5.41) is 2.86. The number of carbonyl (C=O) groups excluding carboxylic acids is 2. The van der Waals surface area contributed by atoms with Gasteiger partial charge < -0.3 is 25.4 Å². The van der Waals surface area contributed by atoms with E-state index in [2.05, 4.69) is 5.32 Å². The third-order valence-corrected chi connectivity index (χ3v) is 4.60. The van der Waals surface area contributed by atoms with Gasteiger partial charge in [-0.15, -0.1) is 12.4 Å². The number of nitrogens with two attached hydrogens (primary N) is 1. The number of carbonyl (C=O) groups is 2. The van der Waals surface area contributed by atoms with Gasteiger partial charge in [0, 0.05) is 25.3 Å². The standard InChI is InChI=1S/C18H25N3O4.ClH/c19-12-15-5-6-16(25-15)18(23)20-14-3-1-13(2-4-14)11-17(22)21-7-9-24-10-8-21;/h1-4,15-16H,5-12,19H2,(H,20,23);1H/t15-,16+;/m1./s1. The molecule has 26 heavy (non-hydrogen) atoms.